The van der Waals surface area contributed by atoms with Crippen LogP contribution in [0.1, 0.15) is 0 Å². The van der Waals surface area contributed by atoms with Crippen molar-refractivity contribution in [1.82, 2.24) is 37.8 Å². The minimum atomic E-state index is 0.571. The number of fused-ring (bicyclic) bond motifs is 21. The van der Waals surface area contributed by atoms with Crippen LogP contribution in [0.15, 0.2) is 315 Å². The molecular formula is C87H52N8S. The maximum absolute atomic E-state index is 5.49. The van der Waals surface area contributed by atoms with Gasteiger partial charge in [-0.3, -0.25) is 4.57 Å². The van der Waals surface area contributed by atoms with E-state index in [1.54, 1.807) is 0 Å². The van der Waals surface area contributed by atoms with Crippen molar-refractivity contribution in [2.45, 2.75) is 0 Å². The molecule has 0 fully saturated rings. The maximum Gasteiger partial charge on any atom is 0.238 e. The van der Waals surface area contributed by atoms with Gasteiger partial charge in [0.15, 0.2) is 11.6 Å². The SMILES string of the molecule is c1ccc(-c2nc(-c3cccc(-c4ccc5c6ccc7c8ccccc8n(-c8ccc(-n9c%10ccccc%10c%10ccc%11c%12ccccc%12n(-c%12ccccc%12)c%11c%109)cc8)c7c6n(-c6ccccc6)c5c4)c3)nc(-n3c4ccccc4c4ccc5c6ccccc6sc5c43)n2)cc1. The van der Waals surface area contributed by atoms with Crippen molar-refractivity contribution < 1.29 is 0 Å². The topological polar surface area (TPSA) is 63.3 Å². The van der Waals surface area contributed by atoms with E-state index in [-0.39, 0.29) is 0 Å². The first-order valence-corrected chi connectivity index (χ1v) is 33.4. The molecule has 7 heterocycles. The Morgan fingerprint density at radius 1 is 0.208 bits per heavy atom. The standard InChI is InChI=1S/C87H52N8S/c1-4-21-53(22-5-1)85-88-86(90-87(89-85)95-76-37-18-13-32-64(76)71-49-50-72-66-33-14-19-38-78(66)96-84(72)83(71)95)56-24-20-23-54(51-56)55-39-44-65-70-48-47-69-63-31-12-17-36-75(63)93(81(69)82(70)94(77(65)52-55)58-27-8-3-9-28-58)60-42-40-59(41-43-60)92-74-35-16-11-30-62(74)68-46-45-67-61-29-10-15-34-73(61)91(79(67)80(68)92)57-25-6-2-7-26-57/h1-52H. The molecule has 0 atom stereocenters. The van der Waals surface area contributed by atoms with Crippen LogP contribution in [-0.2, 0) is 0 Å². The number of rotatable bonds is 8. The van der Waals surface area contributed by atoms with Crippen LogP contribution in [0.4, 0.5) is 0 Å². The highest BCUT2D eigenvalue weighted by Crippen LogP contribution is 2.47. The van der Waals surface area contributed by atoms with Crippen LogP contribution in [0.3, 0.4) is 0 Å². The second-order valence-electron chi connectivity index (χ2n) is 25.0. The Bertz CT molecular complexity index is 6810. The third kappa shape index (κ3) is 7.62. The Kier molecular flexibility index (Phi) is 11.2. The third-order valence-corrected chi connectivity index (χ3v) is 21.1. The van der Waals surface area contributed by atoms with E-state index in [2.05, 4.69) is 320 Å². The molecule has 21 aromatic rings. The summed E-state index contributed by atoms with van der Waals surface area (Å²) >= 11 is 1.82. The van der Waals surface area contributed by atoms with Crippen molar-refractivity contribution in [2.24, 2.45) is 0 Å². The van der Waals surface area contributed by atoms with Crippen LogP contribution in [0.2, 0.25) is 0 Å². The lowest BCUT2D eigenvalue weighted by Gasteiger charge is -2.15. The molecule has 96 heavy (non-hydrogen) atoms. The molecule has 0 unspecified atom stereocenters. The first kappa shape index (κ1) is 52.9. The zero-order valence-corrected chi connectivity index (χ0v) is 52.3. The van der Waals surface area contributed by atoms with Crippen molar-refractivity contribution in [2.75, 3.05) is 0 Å². The fourth-order valence-corrected chi connectivity index (χ4v) is 17.0. The summed E-state index contributed by atoms with van der Waals surface area (Å²) in [5.74, 6) is 1.77. The Morgan fingerprint density at radius 3 is 1.08 bits per heavy atom. The van der Waals surface area contributed by atoms with E-state index >= 15 is 0 Å². The first-order valence-electron chi connectivity index (χ1n) is 32.6. The molecule has 0 saturated heterocycles. The van der Waals surface area contributed by atoms with Gasteiger partial charge in [0.25, 0.3) is 0 Å². The van der Waals surface area contributed by atoms with Crippen molar-refractivity contribution >= 4 is 141 Å². The molecule has 0 aliphatic rings. The number of aromatic nitrogens is 8. The molecule has 0 radical (unpaired) electrons. The highest BCUT2D eigenvalue weighted by molar-refractivity contribution is 7.26. The fourth-order valence-electron chi connectivity index (χ4n) is 15.8. The summed E-state index contributed by atoms with van der Waals surface area (Å²) < 4.78 is 14.6. The van der Waals surface area contributed by atoms with Crippen LogP contribution >= 0.6 is 11.3 Å². The van der Waals surface area contributed by atoms with Crippen molar-refractivity contribution in [3.8, 4) is 62.6 Å². The lowest BCUT2D eigenvalue weighted by molar-refractivity contribution is 0.955. The van der Waals surface area contributed by atoms with Crippen LogP contribution < -0.4 is 0 Å². The zero-order valence-electron chi connectivity index (χ0n) is 51.5. The molecule has 21 rings (SSSR count). The summed E-state index contributed by atoms with van der Waals surface area (Å²) in [4.78, 5) is 16.2. The van der Waals surface area contributed by atoms with Gasteiger partial charge >= 0.3 is 0 Å². The van der Waals surface area contributed by atoms with E-state index in [0.717, 1.165) is 94.4 Å². The maximum atomic E-state index is 5.49. The van der Waals surface area contributed by atoms with Gasteiger partial charge in [0.05, 0.1) is 59.9 Å². The molecule has 0 aliphatic heterocycles. The van der Waals surface area contributed by atoms with Gasteiger partial charge in [-0.15, -0.1) is 11.3 Å². The van der Waals surface area contributed by atoms with E-state index in [1.165, 1.54) is 79.8 Å². The largest absolute Gasteiger partial charge is 0.307 e. The third-order valence-electron chi connectivity index (χ3n) is 19.9. The summed E-state index contributed by atoms with van der Waals surface area (Å²) in [6.45, 7) is 0. The van der Waals surface area contributed by atoms with Gasteiger partial charge < -0.3 is 18.3 Å². The van der Waals surface area contributed by atoms with Gasteiger partial charge in [-0.2, -0.15) is 9.97 Å². The second kappa shape index (κ2) is 20.4. The minimum Gasteiger partial charge on any atom is -0.307 e. The predicted octanol–water partition coefficient (Wildman–Crippen LogP) is 22.7. The number of nitrogens with zero attached hydrogens (tertiary/aromatic N) is 8. The molecule has 0 amide bonds. The second-order valence-corrected chi connectivity index (χ2v) is 26.1. The lowest BCUT2D eigenvalue weighted by Crippen LogP contribution is -2.06. The van der Waals surface area contributed by atoms with E-state index in [0.29, 0.717) is 17.6 Å². The molecule has 0 N–H and O–H groups in total. The zero-order chi connectivity index (χ0) is 62.7. The molecule has 14 aromatic carbocycles. The van der Waals surface area contributed by atoms with Gasteiger partial charge in [-0.25, -0.2) is 4.98 Å². The van der Waals surface area contributed by atoms with Gasteiger partial charge in [-0.05, 0) is 102 Å². The van der Waals surface area contributed by atoms with E-state index < -0.39 is 0 Å². The molecule has 0 aliphatic carbocycles. The molecule has 8 nitrogen and oxygen atoms in total. The fraction of sp³-hybridized carbons (Fsp3) is 0. The summed E-state index contributed by atoms with van der Waals surface area (Å²) in [5.41, 5.74) is 19.7. The number of thiophene rings is 1. The summed E-state index contributed by atoms with van der Waals surface area (Å²) in [6.07, 6.45) is 0. The number of hydrogen-bond donors (Lipinski definition) is 0. The highest BCUT2D eigenvalue weighted by Gasteiger charge is 2.26. The van der Waals surface area contributed by atoms with Crippen molar-refractivity contribution in [1.29, 1.82) is 0 Å². The minimum absolute atomic E-state index is 0.571. The Morgan fingerprint density at radius 2 is 0.562 bits per heavy atom. The normalized spacial score (nSPS) is 12.2. The van der Waals surface area contributed by atoms with E-state index in [4.69, 9.17) is 15.0 Å². The molecule has 0 bridgehead atoms. The molecule has 9 heteroatoms. The average Bonchev–Trinajstić information content (AvgIpc) is 1.56. The summed E-state index contributed by atoms with van der Waals surface area (Å²) in [6, 6.07) is 115. The van der Waals surface area contributed by atoms with E-state index in [1.807, 2.05) is 29.5 Å². The predicted molar refractivity (Wildman–Crippen MR) is 401 cm³/mol. The Balaban J connectivity index is 0.746. The Labute approximate surface area is 552 Å². The van der Waals surface area contributed by atoms with Crippen molar-refractivity contribution in [3.05, 3.63) is 315 Å². The number of benzene rings is 14. The quantitative estimate of drug-likeness (QED) is 0.152. The molecular weight excluding hydrogens is 1190 g/mol. The molecule has 7 aromatic heterocycles. The van der Waals surface area contributed by atoms with Crippen LogP contribution in [0.5, 0.6) is 0 Å². The average molecular weight is 1240 g/mol. The van der Waals surface area contributed by atoms with Crippen LogP contribution in [0, 0.1) is 0 Å². The van der Waals surface area contributed by atoms with Gasteiger partial charge in [0.1, 0.15) is 0 Å². The van der Waals surface area contributed by atoms with Gasteiger partial charge in [0.2, 0.25) is 5.95 Å². The first-order chi connectivity index (χ1) is 47.6. The van der Waals surface area contributed by atoms with Gasteiger partial charge in [0, 0.05) is 103 Å². The smallest absolute Gasteiger partial charge is 0.238 e. The highest BCUT2D eigenvalue weighted by atomic mass is 32.1. The summed E-state index contributed by atoms with van der Waals surface area (Å²) in [5, 5.41) is 14.4. The Hall–Kier alpha value is -12.7. The van der Waals surface area contributed by atoms with Crippen LogP contribution in [0.25, 0.3) is 192 Å². The monoisotopic (exact) mass is 1240 g/mol. The van der Waals surface area contributed by atoms with Gasteiger partial charge in [-0.1, -0.05) is 224 Å². The number of para-hydroxylation sites is 6. The van der Waals surface area contributed by atoms with Crippen molar-refractivity contribution in [3.63, 3.8) is 0 Å². The lowest BCUT2D eigenvalue weighted by atomic mass is 10.0. The van der Waals surface area contributed by atoms with E-state index in [9.17, 15) is 0 Å². The summed E-state index contributed by atoms with van der Waals surface area (Å²) in [7, 11) is 0. The van der Waals surface area contributed by atoms with Crippen LogP contribution in [-0.4, -0.2) is 37.8 Å². The molecule has 446 valence electrons. The molecule has 0 spiro atoms. The molecule has 0 saturated carbocycles. The number of hydrogen-bond acceptors (Lipinski definition) is 4.